The molecule has 4 aromatic rings. The second-order valence-corrected chi connectivity index (χ2v) is 9.26. The van der Waals surface area contributed by atoms with Gasteiger partial charge in [0.1, 0.15) is 0 Å². The van der Waals surface area contributed by atoms with Crippen LogP contribution in [0.5, 0.6) is 0 Å². The Morgan fingerprint density at radius 1 is 0.970 bits per heavy atom. The van der Waals surface area contributed by atoms with E-state index in [4.69, 9.17) is 17.3 Å². The Bertz CT molecular complexity index is 1420. The van der Waals surface area contributed by atoms with Crippen LogP contribution in [0.3, 0.4) is 0 Å². The van der Waals surface area contributed by atoms with Crippen molar-refractivity contribution in [2.45, 2.75) is 6.54 Å². The van der Waals surface area contributed by atoms with Crippen molar-refractivity contribution in [3.63, 3.8) is 0 Å². The quantitative estimate of drug-likeness (QED) is 0.295. The number of hydrogen-bond acceptors (Lipinski definition) is 4. The minimum Gasteiger partial charge on any atom is -0.478 e. The molecule has 7 heteroatoms. The van der Waals surface area contributed by atoms with Crippen molar-refractivity contribution in [3.8, 4) is 0 Å². The van der Waals surface area contributed by atoms with Crippen LogP contribution < -0.4 is 4.90 Å². The van der Waals surface area contributed by atoms with E-state index in [1.54, 1.807) is 12.1 Å². The molecule has 1 aromatic heterocycles. The second-order valence-electron chi connectivity index (χ2n) is 7.58. The number of rotatable bonds is 5. The molecule has 1 aliphatic heterocycles. The largest absolute Gasteiger partial charge is 0.478 e. The number of benzene rings is 3. The minimum atomic E-state index is -1.02. The zero-order valence-electron chi connectivity index (χ0n) is 17.3. The van der Waals surface area contributed by atoms with E-state index >= 15 is 0 Å². The first kappa shape index (κ1) is 21.2. The summed E-state index contributed by atoms with van der Waals surface area (Å²) >= 11 is 6.72. The summed E-state index contributed by atoms with van der Waals surface area (Å²) in [4.78, 5) is 26.3. The lowest BCUT2D eigenvalue weighted by molar-refractivity contribution is -0.113. The van der Waals surface area contributed by atoms with Crippen LogP contribution >= 0.6 is 24.0 Å². The van der Waals surface area contributed by atoms with Crippen LogP contribution in [0.1, 0.15) is 21.5 Å². The summed E-state index contributed by atoms with van der Waals surface area (Å²) in [5.74, 6) is -1.23. The van der Waals surface area contributed by atoms with Crippen LogP contribution in [-0.2, 0) is 11.3 Å². The third-order valence-electron chi connectivity index (χ3n) is 5.47. The van der Waals surface area contributed by atoms with Crippen LogP contribution in [0.4, 0.5) is 5.69 Å². The maximum absolute atomic E-state index is 13.2. The van der Waals surface area contributed by atoms with Gasteiger partial charge in [-0.1, -0.05) is 72.5 Å². The van der Waals surface area contributed by atoms with Crippen molar-refractivity contribution in [2.24, 2.45) is 0 Å². The highest BCUT2D eigenvalue weighted by Crippen LogP contribution is 2.37. The van der Waals surface area contributed by atoms with Gasteiger partial charge >= 0.3 is 5.97 Å². The summed E-state index contributed by atoms with van der Waals surface area (Å²) in [5.41, 5.74) is 3.94. The van der Waals surface area contributed by atoms with E-state index in [1.165, 1.54) is 34.4 Å². The van der Waals surface area contributed by atoms with Crippen LogP contribution in [0.25, 0.3) is 17.0 Å². The van der Waals surface area contributed by atoms with Gasteiger partial charge in [-0.3, -0.25) is 9.69 Å². The fourth-order valence-corrected chi connectivity index (χ4v) is 5.18. The molecule has 5 rings (SSSR count). The number of carbonyl (C=O) groups is 2. The topological polar surface area (TPSA) is 62.5 Å². The molecule has 1 N–H and O–H groups in total. The molecule has 1 saturated heterocycles. The summed E-state index contributed by atoms with van der Waals surface area (Å²) in [6.07, 6.45) is 3.95. The molecule has 5 nitrogen and oxygen atoms in total. The van der Waals surface area contributed by atoms with Gasteiger partial charge in [-0.05, 0) is 42.0 Å². The van der Waals surface area contributed by atoms with Gasteiger partial charge in [-0.25, -0.2) is 4.79 Å². The molecule has 0 aliphatic carbocycles. The first-order valence-corrected chi connectivity index (χ1v) is 11.5. The average molecular weight is 471 g/mol. The van der Waals surface area contributed by atoms with Crippen molar-refractivity contribution < 1.29 is 14.7 Å². The molecular formula is C26H18N2O3S2. The van der Waals surface area contributed by atoms with Gasteiger partial charge in [0.2, 0.25) is 0 Å². The molecule has 1 aliphatic rings. The molecule has 2 heterocycles. The van der Waals surface area contributed by atoms with Crippen molar-refractivity contribution in [2.75, 3.05) is 4.90 Å². The Morgan fingerprint density at radius 3 is 2.39 bits per heavy atom. The number of thiocarbonyl (C=S) groups is 1. The number of anilines is 1. The Hall–Kier alpha value is -3.68. The van der Waals surface area contributed by atoms with Gasteiger partial charge in [0.05, 0.1) is 16.2 Å². The Labute approximate surface area is 199 Å². The van der Waals surface area contributed by atoms with Crippen LogP contribution in [-0.4, -0.2) is 25.9 Å². The molecule has 1 amide bonds. The summed E-state index contributed by atoms with van der Waals surface area (Å²) in [7, 11) is 0. The van der Waals surface area contributed by atoms with E-state index < -0.39 is 5.97 Å². The molecule has 3 aromatic carbocycles. The van der Waals surface area contributed by atoms with Gasteiger partial charge < -0.3 is 9.67 Å². The number of carboxylic acids is 1. The average Bonchev–Trinajstić information content (AvgIpc) is 3.31. The number of carboxylic acid groups (broad SMARTS) is 1. The number of nitrogens with zero attached hydrogens (tertiary/aromatic N) is 2. The number of aromatic carboxylic acids is 1. The first-order valence-electron chi connectivity index (χ1n) is 10.2. The fraction of sp³-hybridized carbons (Fsp3) is 0.0385. The summed E-state index contributed by atoms with van der Waals surface area (Å²) in [6, 6.07) is 24.5. The van der Waals surface area contributed by atoms with Gasteiger partial charge in [-0.2, -0.15) is 0 Å². The Balaban J connectivity index is 1.49. The third kappa shape index (κ3) is 4.08. The van der Waals surface area contributed by atoms with Crippen molar-refractivity contribution >= 4 is 62.8 Å². The number of hydrogen-bond donors (Lipinski definition) is 1. The molecule has 0 spiro atoms. The lowest BCUT2D eigenvalue weighted by atomic mass is 10.1. The second kappa shape index (κ2) is 8.69. The van der Waals surface area contributed by atoms with Crippen molar-refractivity contribution in [3.05, 3.63) is 107 Å². The smallest absolute Gasteiger partial charge is 0.335 e. The maximum atomic E-state index is 13.2. The Kier molecular flexibility index (Phi) is 5.58. The molecule has 33 heavy (non-hydrogen) atoms. The summed E-state index contributed by atoms with van der Waals surface area (Å²) in [6.45, 7) is 0.728. The SMILES string of the molecule is O=C(O)c1ccc(N2C(=O)C(=Cc3cn(Cc4ccccc4)c4ccccc34)SC2=S)cc1. The van der Waals surface area contributed by atoms with E-state index in [9.17, 15) is 9.59 Å². The molecule has 0 atom stereocenters. The van der Waals surface area contributed by atoms with Crippen molar-refractivity contribution in [1.82, 2.24) is 4.57 Å². The Morgan fingerprint density at radius 2 is 1.67 bits per heavy atom. The monoisotopic (exact) mass is 470 g/mol. The summed E-state index contributed by atoms with van der Waals surface area (Å²) < 4.78 is 2.60. The number of aromatic nitrogens is 1. The fourth-order valence-electron chi connectivity index (χ4n) is 3.89. The predicted molar refractivity (Wildman–Crippen MR) is 137 cm³/mol. The predicted octanol–water partition coefficient (Wildman–Crippen LogP) is 5.79. The molecular weight excluding hydrogens is 452 g/mol. The number of fused-ring (bicyclic) bond motifs is 1. The standard InChI is InChI=1S/C26H18N2O3S2/c29-24-23(33-26(32)28(24)20-12-10-18(11-13-20)25(30)31)14-19-16-27(15-17-6-2-1-3-7-17)22-9-5-4-8-21(19)22/h1-14,16H,15H2,(H,30,31). The zero-order valence-corrected chi connectivity index (χ0v) is 19.0. The van der Waals surface area contributed by atoms with E-state index in [1.807, 2.05) is 42.5 Å². The van der Waals surface area contributed by atoms with Crippen molar-refractivity contribution in [1.29, 1.82) is 0 Å². The number of thioether (sulfide) groups is 1. The highest BCUT2D eigenvalue weighted by atomic mass is 32.2. The maximum Gasteiger partial charge on any atom is 0.335 e. The van der Waals surface area contributed by atoms with Gasteiger partial charge in [-0.15, -0.1) is 0 Å². The molecule has 0 saturated carbocycles. The lowest BCUT2D eigenvalue weighted by Crippen LogP contribution is -2.27. The third-order valence-corrected chi connectivity index (χ3v) is 6.77. The van der Waals surface area contributed by atoms with Gasteiger partial charge in [0.25, 0.3) is 5.91 Å². The van der Waals surface area contributed by atoms with E-state index in [0.29, 0.717) is 14.9 Å². The van der Waals surface area contributed by atoms with Gasteiger partial charge in [0, 0.05) is 29.2 Å². The van der Waals surface area contributed by atoms with E-state index in [0.717, 1.165) is 23.0 Å². The molecule has 162 valence electrons. The highest BCUT2D eigenvalue weighted by molar-refractivity contribution is 8.27. The number of amides is 1. The van der Waals surface area contributed by atoms with E-state index in [-0.39, 0.29) is 11.5 Å². The molecule has 0 bridgehead atoms. The lowest BCUT2D eigenvalue weighted by Gasteiger charge is -2.14. The molecule has 1 fully saturated rings. The zero-order chi connectivity index (χ0) is 22.9. The van der Waals surface area contributed by atoms with E-state index in [2.05, 4.69) is 29.0 Å². The number of carbonyl (C=O) groups excluding carboxylic acids is 1. The first-order chi connectivity index (χ1) is 16.0. The van der Waals surface area contributed by atoms with Crippen LogP contribution in [0.15, 0.2) is 90.0 Å². The minimum absolute atomic E-state index is 0.158. The summed E-state index contributed by atoms with van der Waals surface area (Å²) in [5, 5.41) is 10.2. The van der Waals surface area contributed by atoms with Crippen LogP contribution in [0.2, 0.25) is 0 Å². The number of para-hydroxylation sites is 1. The van der Waals surface area contributed by atoms with Crippen LogP contribution in [0, 0.1) is 0 Å². The molecule has 0 radical (unpaired) electrons. The normalized spacial score (nSPS) is 15.0. The molecule has 0 unspecified atom stereocenters. The highest BCUT2D eigenvalue weighted by Gasteiger charge is 2.33. The van der Waals surface area contributed by atoms with Gasteiger partial charge in [0.15, 0.2) is 4.32 Å².